The molecule has 0 bridgehead atoms. The Kier molecular flexibility index (Phi) is 3.02. The Balaban J connectivity index is 2.07. The van der Waals surface area contributed by atoms with Crippen LogP contribution < -0.4 is 11.1 Å². The Morgan fingerprint density at radius 2 is 2.00 bits per heavy atom. The molecule has 0 amide bonds. The van der Waals surface area contributed by atoms with Crippen molar-refractivity contribution in [3.63, 3.8) is 0 Å². The van der Waals surface area contributed by atoms with E-state index < -0.39 is 0 Å². The van der Waals surface area contributed by atoms with Crippen molar-refractivity contribution in [2.45, 2.75) is 13.8 Å². The van der Waals surface area contributed by atoms with Gasteiger partial charge in [-0.1, -0.05) is 0 Å². The molecule has 0 spiro atoms. The SMILES string of the molecule is Cc1cc2c(Nc3ccc(F)c(C)c3)nc(N)nc2s1. The molecule has 0 aliphatic carbocycles. The summed E-state index contributed by atoms with van der Waals surface area (Å²) in [5.74, 6) is 0.637. The first kappa shape index (κ1) is 12.8. The van der Waals surface area contributed by atoms with E-state index in [2.05, 4.69) is 15.3 Å². The van der Waals surface area contributed by atoms with Crippen LogP contribution in [0.1, 0.15) is 10.4 Å². The summed E-state index contributed by atoms with van der Waals surface area (Å²) in [5, 5.41) is 4.10. The van der Waals surface area contributed by atoms with Crippen LogP contribution in [0.5, 0.6) is 0 Å². The van der Waals surface area contributed by atoms with E-state index in [9.17, 15) is 4.39 Å². The predicted octanol–water partition coefficient (Wildman–Crippen LogP) is 3.77. The molecular weight excluding hydrogens is 275 g/mol. The molecule has 0 fully saturated rings. The first-order chi connectivity index (χ1) is 9.52. The molecule has 0 atom stereocenters. The number of halogens is 1. The third kappa shape index (κ3) is 2.30. The molecule has 0 aliphatic rings. The average Bonchev–Trinajstić information content (AvgIpc) is 2.74. The van der Waals surface area contributed by atoms with Crippen LogP contribution in [0.4, 0.5) is 21.8 Å². The number of aromatic nitrogens is 2. The molecule has 3 N–H and O–H groups in total. The fourth-order valence-electron chi connectivity index (χ4n) is 2.01. The number of rotatable bonds is 2. The van der Waals surface area contributed by atoms with Gasteiger partial charge < -0.3 is 11.1 Å². The largest absolute Gasteiger partial charge is 0.368 e. The number of nitrogens with one attached hydrogen (secondary N) is 1. The number of hydrogen-bond donors (Lipinski definition) is 2. The maximum absolute atomic E-state index is 13.3. The summed E-state index contributed by atoms with van der Waals surface area (Å²) in [7, 11) is 0. The maximum atomic E-state index is 13.3. The lowest BCUT2D eigenvalue weighted by atomic mass is 10.2. The van der Waals surface area contributed by atoms with Gasteiger partial charge in [-0.2, -0.15) is 4.98 Å². The van der Waals surface area contributed by atoms with Crippen LogP contribution in [-0.2, 0) is 0 Å². The van der Waals surface area contributed by atoms with Crippen molar-refractivity contribution in [3.05, 3.63) is 40.5 Å². The summed E-state index contributed by atoms with van der Waals surface area (Å²) in [6.45, 7) is 3.73. The summed E-state index contributed by atoms with van der Waals surface area (Å²) in [5.41, 5.74) is 7.08. The van der Waals surface area contributed by atoms with E-state index in [1.165, 1.54) is 6.07 Å². The summed E-state index contributed by atoms with van der Waals surface area (Å²) in [6, 6.07) is 6.85. The molecule has 2 aromatic heterocycles. The molecule has 0 saturated carbocycles. The van der Waals surface area contributed by atoms with Crippen molar-refractivity contribution in [1.29, 1.82) is 0 Å². The van der Waals surface area contributed by atoms with Crippen LogP contribution in [0.3, 0.4) is 0 Å². The maximum Gasteiger partial charge on any atom is 0.223 e. The van der Waals surface area contributed by atoms with Crippen LogP contribution in [0.2, 0.25) is 0 Å². The van der Waals surface area contributed by atoms with Gasteiger partial charge in [-0.25, -0.2) is 9.37 Å². The zero-order valence-corrected chi connectivity index (χ0v) is 11.9. The fraction of sp³-hybridized carbons (Fsp3) is 0.143. The van der Waals surface area contributed by atoms with Gasteiger partial charge in [0.05, 0.1) is 5.39 Å². The van der Waals surface area contributed by atoms with Crippen molar-refractivity contribution < 1.29 is 4.39 Å². The zero-order chi connectivity index (χ0) is 14.3. The molecule has 0 aliphatic heterocycles. The van der Waals surface area contributed by atoms with E-state index in [1.54, 1.807) is 30.4 Å². The third-order valence-corrected chi connectivity index (χ3v) is 3.90. The van der Waals surface area contributed by atoms with Gasteiger partial charge in [0, 0.05) is 10.6 Å². The van der Waals surface area contributed by atoms with E-state index in [1.807, 2.05) is 13.0 Å². The van der Waals surface area contributed by atoms with Crippen molar-refractivity contribution in [2.24, 2.45) is 0 Å². The van der Waals surface area contributed by atoms with E-state index in [0.29, 0.717) is 11.4 Å². The molecule has 3 rings (SSSR count). The van der Waals surface area contributed by atoms with Gasteiger partial charge in [0.25, 0.3) is 0 Å². The lowest BCUT2D eigenvalue weighted by Crippen LogP contribution is -2.00. The third-order valence-electron chi connectivity index (χ3n) is 2.95. The van der Waals surface area contributed by atoms with Crippen molar-refractivity contribution in [2.75, 3.05) is 11.1 Å². The summed E-state index contributed by atoms with van der Waals surface area (Å²) in [6.07, 6.45) is 0. The molecule has 1 aromatic carbocycles. The minimum absolute atomic E-state index is 0.223. The number of benzene rings is 1. The molecule has 2 heterocycles. The summed E-state index contributed by atoms with van der Waals surface area (Å²) < 4.78 is 13.3. The molecule has 0 unspecified atom stereocenters. The number of nitrogens with two attached hydrogens (primary N) is 1. The lowest BCUT2D eigenvalue weighted by molar-refractivity contribution is 0.619. The molecular formula is C14H13FN4S. The van der Waals surface area contributed by atoms with E-state index in [-0.39, 0.29) is 11.8 Å². The monoisotopic (exact) mass is 288 g/mol. The fourth-order valence-corrected chi connectivity index (χ4v) is 2.90. The van der Waals surface area contributed by atoms with Crippen LogP contribution >= 0.6 is 11.3 Å². The van der Waals surface area contributed by atoms with E-state index in [4.69, 9.17) is 5.73 Å². The van der Waals surface area contributed by atoms with E-state index >= 15 is 0 Å². The van der Waals surface area contributed by atoms with Gasteiger partial charge in [0.15, 0.2) is 0 Å². The highest BCUT2D eigenvalue weighted by Crippen LogP contribution is 2.31. The molecule has 102 valence electrons. The highest BCUT2D eigenvalue weighted by Gasteiger charge is 2.10. The van der Waals surface area contributed by atoms with E-state index in [0.717, 1.165) is 20.8 Å². The first-order valence-electron chi connectivity index (χ1n) is 6.10. The van der Waals surface area contributed by atoms with Crippen LogP contribution in [-0.4, -0.2) is 9.97 Å². The topological polar surface area (TPSA) is 63.8 Å². The average molecular weight is 288 g/mol. The number of fused-ring (bicyclic) bond motifs is 1. The first-order valence-corrected chi connectivity index (χ1v) is 6.91. The Morgan fingerprint density at radius 1 is 1.20 bits per heavy atom. The Labute approximate surface area is 119 Å². The highest BCUT2D eigenvalue weighted by atomic mass is 32.1. The normalized spacial score (nSPS) is 10.9. The number of nitrogens with zero attached hydrogens (tertiary/aromatic N) is 2. The molecule has 4 nitrogen and oxygen atoms in total. The standard InChI is InChI=1S/C14H13FN4S/c1-7-5-9(3-4-11(7)15)17-12-10-6-8(2)20-13(10)19-14(16)18-12/h3-6H,1-2H3,(H3,16,17,18,19). The number of aryl methyl sites for hydroxylation is 2. The van der Waals surface area contributed by atoms with Gasteiger partial charge in [0.2, 0.25) is 5.95 Å². The highest BCUT2D eigenvalue weighted by molar-refractivity contribution is 7.18. The molecule has 6 heteroatoms. The summed E-state index contributed by atoms with van der Waals surface area (Å²) >= 11 is 1.57. The predicted molar refractivity (Wildman–Crippen MR) is 81.0 cm³/mol. The van der Waals surface area contributed by atoms with Gasteiger partial charge in [0.1, 0.15) is 16.5 Å². The van der Waals surface area contributed by atoms with Crippen LogP contribution in [0, 0.1) is 19.7 Å². The zero-order valence-electron chi connectivity index (χ0n) is 11.1. The van der Waals surface area contributed by atoms with Crippen molar-refractivity contribution >= 4 is 39.0 Å². The van der Waals surface area contributed by atoms with Gasteiger partial charge >= 0.3 is 0 Å². The van der Waals surface area contributed by atoms with Crippen LogP contribution in [0.15, 0.2) is 24.3 Å². The van der Waals surface area contributed by atoms with Gasteiger partial charge in [-0.05, 0) is 43.7 Å². The van der Waals surface area contributed by atoms with Gasteiger partial charge in [-0.3, -0.25) is 0 Å². The Bertz CT molecular complexity index is 797. The number of nitrogen functional groups attached to an aromatic ring is 1. The smallest absolute Gasteiger partial charge is 0.223 e. The lowest BCUT2D eigenvalue weighted by Gasteiger charge is -2.08. The molecule has 20 heavy (non-hydrogen) atoms. The van der Waals surface area contributed by atoms with Gasteiger partial charge in [-0.15, -0.1) is 11.3 Å². The minimum Gasteiger partial charge on any atom is -0.368 e. The number of thiophene rings is 1. The molecule has 0 saturated heterocycles. The quantitative estimate of drug-likeness (QED) is 0.753. The molecule has 3 aromatic rings. The summed E-state index contributed by atoms with van der Waals surface area (Å²) in [4.78, 5) is 10.4. The Morgan fingerprint density at radius 3 is 2.75 bits per heavy atom. The second-order valence-electron chi connectivity index (χ2n) is 4.60. The molecule has 0 radical (unpaired) electrons. The van der Waals surface area contributed by atoms with Crippen molar-refractivity contribution in [1.82, 2.24) is 9.97 Å². The van der Waals surface area contributed by atoms with Crippen LogP contribution in [0.25, 0.3) is 10.2 Å². The van der Waals surface area contributed by atoms with Crippen molar-refractivity contribution in [3.8, 4) is 0 Å². The number of anilines is 3. The Hall–Kier alpha value is -2.21. The second kappa shape index (κ2) is 4.72. The minimum atomic E-state index is -0.228. The second-order valence-corrected chi connectivity index (χ2v) is 5.83. The number of hydrogen-bond acceptors (Lipinski definition) is 5.